The third-order valence-electron chi connectivity index (χ3n) is 4.47. The first-order chi connectivity index (χ1) is 12.2. The summed E-state index contributed by atoms with van der Waals surface area (Å²) in [6.07, 6.45) is 5.48. The maximum absolute atomic E-state index is 5.69. The second kappa shape index (κ2) is 6.90. The highest BCUT2D eigenvalue weighted by Crippen LogP contribution is 2.42. The average Bonchev–Trinajstić information content (AvgIpc) is 3.20. The lowest BCUT2D eigenvalue weighted by molar-refractivity contribution is 0.314. The van der Waals surface area contributed by atoms with Crippen LogP contribution in [0.25, 0.3) is 0 Å². The molecular weight excluding hydrogens is 348 g/mol. The van der Waals surface area contributed by atoms with Gasteiger partial charge in [-0.25, -0.2) is 0 Å². The predicted octanol–water partition coefficient (Wildman–Crippen LogP) is 4.02. The van der Waals surface area contributed by atoms with E-state index in [4.69, 9.17) is 12.2 Å². The number of aryl methyl sites for hydroxylation is 1. The zero-order valence-corrected chi connectivity index (χ0v) is 15.4. The Morgan fingerprint density at radius 3 is 2.68 bits per heavy atom. The number of nitrogens with zero attached hydrogens (tertiary/aromatic N) is 3. The summed E-state index contributed by atoms with van der Waals surface area (Å²) in [6, 6.07) is 12.5. The molecule has 1 aliphatic heterocycles. The molecule has 1 N–H and O–H groups in total. The van der Waals surface area contributed by atoms with Crippen molar-refractivity contribution in [2.75, 3.05) is 0 Å². The highest BCUT2D eigenvalue weighted by Gasteiger charge is 2.40. The lowest BCUT2D eigenvalue weighted by Gasteiger charge is -2.27. The number of thiophene rings is 1. The van der Waals surface area contributed by atoms with Gasteiger partial charge in [0.25, 0.3) is 0 Å². The summed E-state index contributed by atoms with van der Waals surface area (Å²) in [5, 5.41) is 6.41. The van der Waals surface area contributed by atoms with Crippen LogP contribution in [0.1, 0.15) is 33.8 Å². The molecule has 0 unspecified atom stereocenters. The van der Waals surface area contributed by atoms with Crippen LogP contribution in [-0.4, -0.2) is 20.0 Å². The SMILES string of the molecule is Cc1ccsc1[C@@H]1[C@H](c2ccccn2)NC(=S)N1Cc1ccncc1. The molecule has 1 aliphatic rings. The fraction of sp³-hybridized carbons (Fsp3) is 0.211. The lowest BCUT2D eigenvalue weighted by atomic mass is 10.0. The molecule has 0 spiro atoms. The Labute approximate surface area is 156 Å². The summed E-state index contributed by atoms with van der Waals surface area (Å²) in [4.78, 5) is 12.3. The molecule has 25 heavy (non-hydrogen) atoms. The van der Waals surface area contributed by atoms with E-state index in [9.17, 15) is 0 Å². The van der Waals surface area contributed by atoms with Crippen LogP contribution in [0.3, 0.4) is 0 Å². The molecule has 4 nitrogen and oxygen atoms in total. The van der Waals surface area contributed by atoms with Crippen molar-refractivity contribution in [3.8, 4) is 0 Å². The Morgan fingerprint density at radius 1 is 1.16 bits per heavy atom. The molecule has 0 aromatic carbocycles. The molecule has 0 saturated carbocycles. The molecule has 1 saturated heterocycles. The van der Waals surface area contributed by atoms with Crippen LogP contribution in [0.2, 0.25) is 0 Å². The van der Waals surface area contributed by atoms with Gasteiger partial charge < -0.3 is 10.2 Å². The van der Waals surface area contributed by atoms with E-state index in [0.29, 0.717) is 0 Å². The van der Waals surface area contributed by atoms with Crippen molar-refractivity contribution >= 4 is 28.7 Å². The molecule has 3 aromatic rings. The van der Waals surface area contributed by atoms with E-state index in [0.717, 1.165) is 17.4 Å². The second-order valence-electron chi connectivity index (χ2n) is 6.08. The number of rotatable bonds is 4. The molecule has 1 fully saturated rings. The van der Waals surface area contributed by atoms with Crippen molar-refractivity contribution in [2.24, 2.45) is 0 Å². The first-order valence-electron chi connectivity index (χ1n) is 8.15. The Morgan fingerprint density at radius 2 is 2.00 bits per heavy atom. The van der Waals surface area contributed by atoms with Crippen molar-refractivity contribution in [3.05, 3.63) is 82.1 Å². The van der Waals surface area contributed by atoms with Gasteiger partial charge in [-0.1, -0.05) is 6.07 Å². The number of aromatic nitrogens is 2. The fourth-order valence-electron chi connectivity index (χ4n) is 3.23. The molecular formula is C19H18N4S2. The van der Waals surface area contributed by atoms with Gasteiger partial charge in [-0.2, -0.15) is 0 Å². The summed E-state index contributed by atoms with van der Waals surface area (Å²) in [5.74, 6) is 0. The highest BCUT2D eigenvalue weighted by molar-refractivity contribution is 7.80. The van der Waals surface area contributed by atoms with Crippen molar-refractivity contribution in [3.63, 3.8) is 0 Å². The number of hydrogen-bond acceptors (Lipinski definition) is 4. The fourth-order valence-corrected chi connectivity index (χ4v) is 4.61. The van der Waals surface area contributed by atoms with Crippen LogP contribution < -0.4 is 5.32 Å². The number of pyridine rings is 2. The minimum Gasteiger partial charge on any atom is -0.352 e. The predicted molar refractivity (Wildman–Crippen MR) is 104 cm³/mol. The van der Waals surface area contributed by atoms with E-state index in [1.54, 1.807) is 11.3 Å². The quantitative estimate of drug-likeness (QED) is 0.706. The molecule has 0 amide bonds. The zero-order valence-electron chi connectivity index (χ0n) is 13.8. The van der Waals surface area contributed by atoms with E-state index in [1.165, 1.54) is 16.0 Å². The van der Waals surface area contributed by atoms with Crippen LogP contribution in [0.15, 0.2) is 60.4 Å². The summed E-state index contributed by atoms with van der Waals surface area (Å²) in [5.41, 5.74) is 3.50. The normalized spacial score (nSPS) is 19.9. The van der Waals surface area contributed by atoms with Gasteiger partial charge >= 0.3 is 0 Å². The van der Waals surface area contributed by atoms with Crippen molar-refractivity contribution in [1.82, 2.24) is 20.2 Å². The van der Waals surface area contributed by atoms with Crippen molar-refractivity contribution in [2.45, 2.75) is 25.6 Å². The van der Waals surface area contributed by atoms with E-state index in [2.05, 4.69) is 44.6 Å². The monoisotopic (exact) mass is 366 g/mol. The summed E-state index contributed by atoms with van der Waals surface area (Å²) >= 11 is 7.47. The Hall–Kier alpha value is -2.31. The number of thiocarbonyl (C=S) groups is 1. The topological polar surface area (TPSA) is 41.1 Å². The van der Waals surface area contributed by atoms with Crippen molar-refractivity contribution in [1.29, 1.82) is 0 Å². The third-order valence-corrected chi connectivity index (χ3v) is 5.91. The van der Waals surface area contributed by atoms with Crippen LogP contribution in [0, 0.1) is 6.92 Å². The van der Waals surface area contributed by atoms with Gasteiger partial charge in [-0.05, 0) is 66.0 Å². The molecule has 2 atom stereocenters. The van der Waals surface area contributed by atoms with E-state index in [-0.39, 0.29) is 12.1 Å². The smallest absolute Gasteiger partial charge is 0.170 e. The first-order valence-corrected chi connectivity index (χ1v) is 9.44. The van der Waals surface area contributed by atoms with Crippen molar-refractivity contribution < 1.29 is 0 Å². The highest BCUT2D eigenvalue weighted by atomic mass is 32.1. The number of hydrogen-bond donors (Lipinski definition) is 1. The summed E-state index contributed by atoms with van der Waals surface area (Å²) in [6.45, 7) is 2.91. The second-order valence-corrected chi connectivity index (χ2v) is 7.41. The van der Waals surface area contributed by atoms with Gasteiger partial charge in [-0.3, -0.25) is 9.97 Å². The van der Waals surface area contributed by atoms with Crippen LogP contribution in [0.4, 0.5) is 0 Å². The van der Waals surface area contributed by atoms with E-state index >= 15 is 0 Å². The van der Waals surface area contributed by atoms with Crippen LogP contribution in [-0.2, 0) is 6.54 Å². The molecule has 0 bridgehead atoms. The minimum absolute atomic E-state index is 0.0490. The maximum Gasteiger partial charge on any atom is 0.170 e. The van der Waals surface area contributed by atoms with Gasteiger partial charge in [0.2, 0.25) is 0 Å². The zero-order chi connectivity index (χ0) is 17.2. The molecule has 3 aromatic heterocycles. The van der Waals surface area contributed by atoms with Gasteiger partial charge in [0.05, 0.1) is 17.8 Å². The molecule has 0 aliphatic carbocycles. The molecule has 126 valence electrons. The Bertz CT molecular complexity index is 863. The Balaban J connectivity index is 1.74. The van der Waals surface area contributed by atoms with Crippen LogP contribution >= 0.6 is 23.6 Å². The number of nitrogens with one attached hydrogen (secondary N) is 1. The maximum atomic E-state index is 5.69. The van der Waals surface area contributed by atoms with E-state index in [1.807, 2.05) is 42.9 Å². The summed E-state index contributed by atoms with van der Waals surface area (Å²) < 4.78 is 0. The van der Waals surface area contributed by atoms with Gasteiger partial charge in [0.15, 0.2) is 5.11 Å². The van der Waals surface area contributed by atoms with Gasteiger partial charge in [-0.15, -0.1) is 11.3 Å². The molecule has 4 heterocycles. The van der Waals surface area contributed by atoms with E-state index < -0.39 is 0 Å². The first kappa shape index (κ1) is 16.2. The minimum atomic E-state index is 0.0490. The van der Waals surface area contributed by atoms with Gasteiger partial charge in [0, 0.05) is 30.0 Å². The average molecular weight is 367 g/mol. The molecule has 0 radical (unpaired) electrons. The Kier molecular flexibility index (Phi) is 4.46. The third kappa shape index (κ3) is 3.15. The lowest BCUT2D eigenvalue weighted by Crippen LogP contribution is -2.29. The van der Waals surface area contributed by atoms with Gasteiger partial charge in [0.1, 0.15) is 0 Å². The largest absolute Gasteiger partial charge is 0.352 e. The molecule has 4 rings (SSSR count). The summed E-state index contributed by atoms with van der Waals surface area (Å²) in [7, 11) is 0. The van der Waals surface area contributed by atoms with Crippen LogP contribution in [0.5, 0.6) is 0 Å². The molecule has 6 heteroatoms. The standard InChI is InChI=1S/C19H18N4S2/c1-13-7-11-25-18(13)17-16(15-4-2-3-8-21-15)22-19(24)23(17)12-14-5-9-20-10-6-14/h2-11,16-17H,12H2,1H3,(H,22,24)/t16-,17-/m0/s1.